The summed E-state index contributed by atoms with van der Waals surface area (Å²) in [5.74, 6) is 0.343. The molecule has 2 aromatic rings. The van der Waals surface area contributed by atoms with Gasteiger partial charge in [-0.3, -0.25) is 0 Å². The minimum absolute atomic E-state index is 0.102. The second kappa shape index (κ2) is 4.82. The third-order valence-electron chi connectivity index (χ3n) is 3.05. The second-order valence-corrected chi connectivity index (χ2v) is 4.97. The highest BCUT2D eigenvalue weighted by Gasteiger charge is 2.25. The number of hydrogen-bond acceptors (Lipinski definition) is 4. The Kier molecular flexibility index (Phi) is 3.39. The molecule has 0 spiro atoms. The van der Waals surface area contributed by atoms with Crippen LogP contribution in [-0.4, -0.2) is 18.9 Å². The highest BCUT2D eigenvalue weighted by atomic mass is 16.5. The van der Waals surface area contributed by atoms with Crippen LogP contribution in [0, 0.1) is 0 Å². The minimum atomic E-state index is -0.102. The Bertz CT molecular complexity index is 532. The number of aromatic nitrogens is 1. The van der Waals surface area contributed by atoms with Crippen LogP contribution in [-0.2, 0) is 10.2 Å². The van der Waals surface area contributed by atoms with Gasteiger partial charge in [0.1, 0.15) is 0 Å². The van der Waals surface area contributed by atoms with Crippen molar-refractivity contribution in [2.24, 2.45) is 0 Å². The third-order valence-corrected chi connectivity index (χ3v) is 3.05. The molecule has 18 heavy (non-hydrogen) atoms. The molecule has 0 saturated carbocycles. The molecule has 2 rings (SSSR count). The number of methoxy groups -OCH3 is 1. The van der Waals surface area contributed by atoms with Gasteiger partial charge in [-0.1, -0.05) is 43.3 Å². The molecule has 0 amide bonds. The van der Waals surface area contributed by atoms with Gasteiger partial charge in [-0.25, -0.2) is 0 Å². The van der Waals surface area contributed by atoms with Crippen LogP contribution in [0.5, 0.6) is 0 Å². The van der Waals surface area contributed by atoms with Crippen molar-refractivity contribution in [1.29, 1.82) is 0 Å². The van der Waals surface area contributed by atoms with Crippen LogP contribution in [0.3, 0.4) is 0 Å². The predicted octanol–water partition coefficient (Wildman–Crippen LogP) is 2.85. The zero-order valence-electron chi connectivity index (χ0n) is 10.9. The van der Waals surface area contributed by atoms with Gasteiger partial charge in [0.2, 0.25) is 5.88 Å². The van der Waals surface area contributed by atoms with Gasteiger partial charge in [0.05, 0.1) is 18.4 Å². The van der Waals surface area contributed by atoms with E-state index in [1.54, 1.807) is 13.3 Å². The molecule has 1 aromatic carbocycles. The summed E-state index contributed by atoms with van der Waals surface area (Å²) in [6.07, 6.45) is 1.65. The van der Waals surface area contributed by atoms with Crippen LogP contribution in [0.4, 0.5) is 5.88 Å². The molecule has 2 N–H and O–H groups in total. The van der Waals surface area contributed by atoms with E-state index in [0.717, 1.165) is 11.1 Å². The number of nitrogens with zero attached hydrogens (tertiary/aromatic N) is 1. The predicted molar refractivity (Wildman–Crippen MR) is 71.3 cm³/mol. The molecule has 0 atom stereocenters. The van der Waals surface area contributed by atoms with Gasteiger partial charge in [0, 0.05) is 12.5 Å². The fourth-order valence-electron chi connectivity index (χ4n) is 2.20. The van der Waals surface area contributed by atoms with Crippen LogP contribution in [0.1, 0.15) is 19.4 Å². The molecule has 4 heteroatoms. The molecule has 0 aliphatic carbocycles. The molecule has 0 fully saturated rings. The molecule has 0 saturated heterocycles. The van der Waals surface area contributed by atoms with Crippen molar-refractivity contribution in [3.63, 3.8) is 0 Å². The van der Waals surface area contributed by atoms with Crippen molar-refractivity contribution in [2.45, 2.75) is 19.3 Å². The van der Waals surface area contributed by atoms with Gasteiger partial charge in [0.25, 0.3) is 0 Å². The highest BCUT2D eigenvalue weighted by molar-refractivity contribution is 5.75. The number of nitrogens with two attached hydrogens (primary N) is 1. The van der Waals surface area contributed by atoms with E-state index < -0.39 is 0 Å². The van der Waals surface area contributed by atoms with E-state index in [9.17, 15) is 0 Å². The summed E-state index contributed by atoms with van der Waals surface area (Å²) in [7, 11) is 1.71. The number of hydrogen-bond donors (Lipinski definition) is 1. The lowest BCUT2D eigenvalue weighted by Gasteiger charge is -2.26. The van der Waals surface area contributed by atoms with Crippen molar-refractivity contribution >= 4 is 5.88 Å². The van der Waals surface area contributed by atoms with E-state index in [1.807, 2.05) is 18.2 Å². The van der Waals surface area contributed by atoms with Crippen molar-refractivity contribution < 1.29 is 9.26 Å². The smallest absolute Gasteiger partial charge is 0.229 e. The van der Waals surface area contributed by atoms with Crippen molar-refractivity contribution in [1.82, 2.24) is 5.16 Å². The zero-order valence-corrected chi connectivity index (χ0v) is 10.9. The van der Waals surface area contributed by atoms with Gasteiger partial charge >= 0.3 is 0 Å². The molecule has 0 aliphatic rings. The van der Waals surface area contributed by atoms with E-state index >= 15 is 0 Å². The molecule has 1 aromatic heterocycles. The summed E-state index contributed by atoms with van der Waals surface area (Å²) in [6.45, 7) is 4.91. The fourth-order valence-corrected chi connectivity index (χ4v) is 2.20. The number of rotatable bonds is 4. The van der Waals surface area contributed by atoms with Gasteiger partial charge in [-0.15, -0.1) is 0 Å². The largest absolute Gasteiger partial charge is 0.384 e. The fraction of sp³-hybridized carbons (Fsp3) is 0.357. The van der Waals surface area contributed by atoms with Gasteiger partial charge in [-0.05, 0) is 11.1 Å². The van der Waals surface area contributed by atoms with E-state index in [0.29, 0.717) is 12.5 Å². The summed E-state index contributed by atoms with van der Waals surface area (Å²) in [6, 6.07) is 8.10. The first-order valence-corrected chi connectivity index (χ1v) is 5.85. The molecule has 0 unspecified atom stereocenters. The summed E-state index contributed by atoms with van der Waals surface area (Å²) < 4.78 is 10.2. The first kappa shape index (κ1) is 12.6. The van der Waals surface area contributed by atoms with Crippen LogP contribution < -0.4 is 5.73 Å². The summed E-state index contributed by atoms with van der Waals surface area (Å²) >= 11 is 0. The lowest BCUT2D eigenvalue weighted by Crippen LogP contribution is -2.24. The maximum Gasteiger partial charge on any atom is 0.229 e. The Morgan fingerprint density at radius 3 is 2.61 bits per heavy atom. The average molecular weight is 246 g/mol. The molecule has 0 bridgehead atoms. The molecular weight excluding hydrogens is 228 g/mol. The molecule has 4 nitrogen and oxygen atoms in total. The Morgan fingerprint density at radius 1 is 1.28 bits per heavy atom. The van der Waals surface area contributed by atoms with E-state index in [1.165, 1.54) is 5.56 Å². The molecule has 1 heterocycles. The lowest BCUT2D eigenvalue weighted by atomic mass is 9.81. The van der Waals surface area contributed by atoms with E-state index in [2.05, 4.69) is 25.1 Å². The van der Waals surface area contributed by atoms with E-state index in [4.69, 9.17) is 15.0 Å². The molecule has 0 radical (unpaired) electrons. The van der Waals surface area contributed by atoms with Crippen LogP contribution in [0.25, 0.3) is 11.1 Å². The Balaban J connectivity index is 2.53. The van der Waals surface area contributed by atoms with Crippen LogP contribution in [0.2, 0.25) is 0 Å². The SMILES string of the molecule is COCC(C)(C)c1ccccc1-c1cnoc1N. The maximum absolute atomic E-state index is 5.80. The molecular formula is C14H18N2O2. The van der Waals surface area contributed by atoms with Crippen molar-refractivity contribution in [3.8, 4) is 11.1 Å². The van der Waals surface area contributed by atoms with Crippen LogP contribution >= 0.6 is 0 Å². The zero-order chi connectivity index (χ0) is 13.2. The van der Waals surface area contributed by atoms with Gasteiger partial charge in [0.15, 0.2) is 0 Å². The number of nitrogen functional groups attached to an aromatic ring is 1. The Morgan fingerprint density at radius 2 is 2.00 bits per heavy atom. The monoisotopic (exact) mass is 246 g/mol. The maximum atomic E-state index is 5.80. The molecule has 96 valence electrons. The van der Waals surface area contributed by atoms with Crippen LogP contribution in [0.15, 0.2) is 35.0 Å². The summed E-state index contributed by atoms with van der Waals surface area (Å²) in [4.78, 5) is 0. The quantitative estimate of drug-likeness (QED) is 0.901. The number of benzene rings is 1. The first-order chi connectivity index (χ1) is 8.56. The average Bonchev–Trinajstić information content (AvgIpc) is 2.75. The first-order valence-electron chi connectivity index (χ1n) is 5.85. The Hall–Kier alpha value is -1.81. The Labute approximate surface area is 107 Å². The van der Waals surface area contributed by atoms with Crippen molar-refractivity contribution in [2.75, 3.05) is 19.5 Å². The second-order valence-electron chi connectivity index (χ2n) is 4.97. The lowest BCUT2D eigenvalue weighted by molar-refractivity contribution is 0.147. The number of anilines is 1. The van der Waals surface area contributed by atoms with Gasteiger partial charge in [-0.2, -0.15) is 0 Å². The van der Waals surface area contributed by atoms with Gasteiger partial charge < -0.3 is 15.0 Å². The van der Waals surface area contributed by atoms with E-state index in [-0.39, 0.29) is 5.41 Å². The minimum Gasteiger partial charge on any atom is -0.384 e. The standard InChI is InChI=1S/C14H18N2O2/c1-14(2,9-17-3)12-7-5-4-6-10(12)11-8-16-18-13(11)15/h4-8H,9,15H2,1-3H3. The number of ether oxygens (including phenoxy) is 1. The topological polar surface area (TPSA) is 61.3 Å². The highest BCUT2D eigenvalue weighted by Crippen LogP contribution is 2.35. The summed E-state index contributed by atoms with van der Waals surface area (Å²) in [5, 5.41) is 3.74. The summed E-state index contributed by atoms with van der Waals surface area (Å²) in [5.41, 5.74) is 8.73. The van der Waals surface area contributed by atoms with Crippen molar-refractivity contribution in [3.05, 3.63) is 36.0 Å². The third kappa shape index (κ3) is 2.24. The molecule has 0 aliphatic heterocycles. The normalized spacial score (nSPS) is 11.7.